The van der Waals surface area contributed by atoms with Gasteiger partial charge in [-0.15, -0.1) is 0 Å². The minimum atomic E-state index is -0.782. The zero-order valence-corrected chi connectivity index (χ0v) is 9.26. The van der Waals surface area contributed by atoms with Crippen molar-refractivity contribution in [3.63, 3.8) is 0 Å². The lowest BCUT2D eigenvalue weighted by molar-refractivity contribution is -0.123. The minimum absolute atomic E-state index is 0.154. The third kappa shape index (κ3) is 3.39. The standard InChI is InChI=1S/C10H20O5/c1-3-4-13-6-14-10-7(2)15-8(5-11)9(10)12/h7-12H,3-6H2,1-2H3/t7-,8+,9-,10?/m0/s1. The molecule has 5 heteroatoms. The van der Waals surface area contributed by atoms with Crippen molar-refractivity contribution in [3.05, 3.63) is 0 Å². The van der Waals surface area contributed by atoms with Crippen molar-refractivity contribution in [2.75, 3.05) is 20.0 Å². The summed E-state index contributed by atoms with van der Waals surface area (Å²) in [4.78, 5) is 0. The molecule has 90 valence electrons. The van der Waals surface area contributed by atoms with Gasteiger partial charge in [-0.1, -0.05) is 6.92 Å². The first kappa shape index (κ1) is 12.9. The summed E-state index contributed by atoms with van der Waals surface area (Å²) in [6, 6.07) is 0. The van der Waals surface area contributed by atoms with E-state index < -0.39 is 18.3 Å². The van der Waals surface area contributed by atoms with Crippen LogP contribution in [0.1, 0.15) is 20.3 Å². The van der Waals surface area contributed by atoms with Crippen molar-refractivity contribution in [1.82, 2.24) is 0 Å². The fourth-order valence-corrected chi connectivity index (χ4v) is 1.64. The molecule has 0 amide bonds. The van der Waals surface area contributed by atoms with E-state index in [4.69, 9.17) is 19.3 Å². The summed E-state index contributed by atoms with van der Waals surface area (Å²) in [7, 11) is 0. The number of ether oxygens (including phenoxy) is 3. The number of hydrogen-bond acceptors (Lipinski definition) is 5. The molecule has 1 aliphatic rings. The molecule has 0 aromatic carbocycles. The van der Waals surface area contributed by atoms with Crippen LogP contribution in [0, 0.1) is 0 Å². The van der Waals surface area contributed by atoms with Crippen LogP contribution in [0.3, 0.4) is 0 Å². The summed E-state index contributed by atoms with van der Waals surface area (Å²) in [5.74, 6) is 0. The van der Waals surface area contributed by atoms with Crippen LogP contribution in [0.5, 0.6) is 0 Å². The molecule has 1 aliphatic heterocycles. The van der Waals surface area contributed by atoms with Crippen LogP contribution in [0.15, 0.2) is 0 Å². The molecule has 15 heavy (non-hydrogen) atoms. The normalized spacial score (nSPS) is 36.0. The maximum absolute atomic E-state index is 9.71. The van der Waals surface area contributed by atoms with E-state index in [0.717, 1.165) is 6.42 Å². The lowest BCUT2D eigenvalue weighted by atomic mass is 10.1. The maximum atomic E-state index is 9.71. The van der Waals surface area contributed by atoms with E-state index in [1.807, 2.05) is 13.8 Å². The smallest absolute Gasteiger partial charge is 0.147 e. The second kappa shape index (κ2) is 6.40. The van der Waals surface area contributed by atoms with Crippen LogP contribution >= 0.6 is 0 Å². The van der Waals surface area contributed by atoms with E-state index in [1.54, 1.807) is 0 Å². The highest BCUT2D eigenvalue weighted by molar-refractivity contribution is 4.89. The predicted molar refractivity (Wildman–Crippen MR) is 53.4 cm³/mol. The molecule has 1 heterocycles. The van der Waals surface area contributed by atoms with E-state index in [-0.39, 0.29) is 19.5 Å². The van der Waals surface area contributed by atoms with Gasteiger partial charge >= 0.3 is 0 Å². The Morgan fingerprint density at radius 3 is 2.67 bits per heavy atom. The Bertz CT molecular complexity index is 175. The van der Waals surface area contributed by atoms with Crippen LogP contribution in [0.2, 0.25) is 0 Å². The average molecular weight is 220 g/mol. The van der Waals surface area contributed by atoms with E-state index in [2.05, 4.69) is 0 Å². The van der Waals surface area contributed by atoms with E-state index >= 15 is 0 Å². The molecular weight excluding hydrogens is 200 g/mol. The highest BCUT2D eigenvalue weighted by atomic mass is 16.7. The molecule has 1 fully saturated rings. The molecule has 0 aliphatic carbocycles. The first-order chi connectivity index (χ1) is 7.20. The highest BCUT2D eigenvalue weighted by Crippen LogP contribution is 2.23. The Morgan fingerprint density at radius 2 is 2.13 bits per heavy atom. The Hall–Kier alpha value is -0.200. The van der Waals surface area contributed by atoms with Gasteiger partial charge in [0.1, 0.15) is 25.1 Å². The molecule has 1 rings (SSSR count). The largest absolute Gasteiger partial charge is 0.394 e. The molecule has 5 nitrogen and oxygen atoms in total. The molecule has 4 atom stereocenters. The first-order valence-corrected chi connectivity index (χ1v) is 5.34. The Balaban J connectivity index is 2.28. The predicted octanol–water partition coefficient (Wildman–Crippen LogP) is -0.104. The third-order valence-corrected chi connectivity index (χ3v) is 2.44. The van der Waals surface area contributed by atoms with Crippen molar-refractivity contribution in [2.24, 2.45) is 0 Å². The van der Waals surface area contributed by atoms with Crippen molar-refractivity contribution < 1.29 is 24.4 Å². The van der Waals surface area contributed by atoms with Gasteiger partial charge in [0.05, 0.1) is 12.7 Å². The molecule has 0 aromatic heterocycles. The monoisotopic (exact) mass is 220 g/mol. The second-order valence-corrected chi connectivity index (χ2v) is 3.71. The first-order valence-electron chi connectivity index (χ1n) is 5.34. The Labute approximate surface area is 89.9 Å². The summed E-state index contributed by atoms with van der Waals surface area (Å²) in [6.45, 7) is 4.42. The summed E-state index contributed by atoms with van der Waals surface area (Å²) in [6.07, 6.45) is -1.03. The SMILES string of the molecule is CCCOCOC1[C@H](C)O[C@H](CO)[C@@H]1O. The molecule has 0 bridgehead atoms. The van der Waals surface area contributed by atoms with Crippen LogP contribution in [-0.2, 0) is 14.2 Å². The summed E-state index contributed by atoms with van der Waals surface area (Å²) < 4.78 is 15.8. The van der Waals surface area contributed by atoms with Crippen molar-refractivity contribution in [3.8, 4) is 0 Å². The summed E-state index contributed by atoms with van der Waals surface area (Å²) >= 11 is 0. The van der Waals surface area contributed by atoms with Gasteiger partial charge in [-0.25, -0.2) is 0 Å². The van der Waals surface area contributed by atoms with Gasteiger partial charge in [-0.05, 0) is 13.3 Å². The minimum Gasteiger partial charge on any atom is -0.394 e. The molecule has 2 N–H and O–H groups in total. The molecule has 1 saturated heterocycles. The van der Waals surface area contributed by atoms with Gasteiger partial charge in [0, 0.05) is 6.61 Å². The molecule has 0 aromatic rings. The lowest BCUT2D eigenvalue weighted by Gasteiger charge is -2.18. The van der Waals surface area contributed by atoms with Crippen molar-refractivity contribution in [2.45, 2.75) is 44.7 Å². The lowest BCUT2D eigenvalue weighted by Crippen LogP contribution is -2.36. The van der Waals surface area contributed by atoms with Crippen molar-refractivity contribution >= 4 is 0 Å². The maximum Gasteiger partial charge on any atom is 0.147 e. The number of aliphatic hydroxyl groups is 2. The highest BCUT2D eigenvalue weighted by Gasteiger charge is 2.41. The van der Waals surface area contributed by atoms with Crippen LogP contribution in [0.25, 0.3) is 0 Å². The third-order valence-electron chi connectivity index (χ3n) is 2.44. The van der Waals surface area contributed by atoms with Gasteiger partial charge in [0.2, 0.25) is 0 Å². The number of hydrogen-bond donors (Lipinski definition) is 2. The van der Waals surface area contributed by atoms with Gasteiger partial charge in [-0.2, -0.15) is 0 Å². The molecule has 0 spiro atoms. The average Bonchev–Trinajstić information content (AvgIpc) is 2.50. The van der Waals surface area contributed by atoms with Gasteiger partial charge in [-0.3, -0.25) is 0 Å². The fraction of sp³-hybridized carbons (Fsp3) is 1.00. The summed E-state index contributed by atoms with van der Waals surface area (Å²) in [5, 5.41) is 18.6. The fourth-order valence-electron chi connectivity index (χ4n) is 1.64. The molecule has 0 radical (unpaired) electrons. The zero-order valence-electron chi connectivity index (χ0n) is 9.26. The van der Waals surface area contributed by atoms with E-state index in [0.29, 0.717) is 6.61 Å². The summed E-state index contributed by atoms with van der Waals surface area (Å²) in [5.41, 5.74) is 0. The molecule has 0 saturated carbocycles. The number of aliphatic hydroxyl groups excluding tert-OH is 2. The van der Waals surface area contributed by atoms with E-state index in [9.17, 15) is 5.11 Å². The molecular formula is C10H20O5. The van der Waals surface area contributed by atoms with Crippen LogP contribution < -0.4 is 0 Å². The zero-order chi connectivity index (χ0) is 11.3. The van der Waals surface area contributed by atoms with Gasteiger partial charge in [0.15, 0.2) is 0 Å². The molecule has 1 unspecified atom stereocenters. The second-order valence-electron chi connectivity index (χ2n) is 3.71. The quantitative estimate of drug-likeness (QED) is 0.483. The van der Waals surface area contributed by atoms with Gasteiger partial charge in [0.25, 0.3) is 0 Å². The van der Waals surface area contributed by atoms with Crippen LogP contribution in [-0.4, -0.2) is 54.6 Å². The Morgan fingerprint density at radius 1 is 1.40 bits per heavy atom. The van der Waals surface area contributed by atoms with Crippen LogP contribution in [0.4, 0.5) is 0 Å². The van der Waals surface area contributed by atoms with E-state index in [1.165, 1.54) is 0 Å². The van der Waals surface area contributed by atoms with Gasteiger partial charge < -0.3 is 24.4 Å². The Kier molecular flexibility index (Phi) is 5.49. The topological polar surface area (TPSA) is 68.2 Å². The number of rotatable bonds is 6. The van der Waals surface area contributed by atoms with Crippen molar-refractivity contribution in [1.29, 1.82) is 0 Å².